The Balaban J connectivity index is 1.35. The molecule has 0 radical (unpaired) electrons. The zero-order valence-corrected chi connectivity index (χ0v) is 17.7. The van der Waals surface area contributed by atoms with E-state index in [4.69, 9.17) is 16.5 Å². The summed E-state index contributed by atoms with van der Waals surface area (Å²) in [5.74, 6) is -1.22. The van der Waals surface area contributed by atoms with Crippen molar-refractivity contribution in [2.45, 2.75) is 18.8 Å². The van der Waals surface area contributed by atoms with Gasteiger partial charge in [0.1, 0.15) is 0 Å². The van der Waals surface area contributed by atoms with Crippen LogP contribution in [0.2, 0.25) is 0 Å². The van der Waals surface area contributed by atoms with Gasteiger partial charge < -0.3 is 16.8 Å². The highest BCUT2D eigenvalue weighted by molar-refractivity contribution is 7.18. The lowest BCUT2D eigenvalue weighted by molar-refractivity contribution is -0.117. The van der Waals surface area contributed by atoms with Crippen LogP contribution in [0.15, 0.2) is 42.5 Å². The number of thiazole rings is 1. The van der Waals surface area contributed by atoms with Gasteiger partial charge in [0.25, 0.3) is 0 Å². The third-order valence-corrected chi connectivity index (χ3v) is 6.60. The molecular formula is C22H23N5O3S. The number of nitrogens with zero attached hydrogens (tertiary/aromatic N) is 2. The van der Waals surface area contributed by atoms with Crippen LogP contribution in [0.5, 0.6) is 0 Å². The van der Waals surface area contributed by atoms with Crippen molar-refractivity contribution in [2.75, 3.05) is 25.0 Å². The van der Waals surface area contributed by atoms with Crippen molar-refractivity contribution < 1.29 is 14.4 Å². The summed E-state index contributed by atoms with van der Waals surface area (Å²) in [5.41, 5.74) is 12.2. The van der Waals surface area contributed by atoms with E-state index in [2.05, 4.69) is 16.3 Å². The lowest BCUT2D eigenvalue weighted by atomic mass is 9.97. The number of aromatic nitrogens is 1. The second kappa shape index (κ2) is 8.83. The number of primary amides is 2. The SMILES string of the molecule is NC(=O)c1cc(NC(=O)CN2CCC(c3nc4ccccc4s3)CC2)cc(C(N)=O)c1. The highest BCUT2D eigenvalue weighted by Crippen LogP contribution is 2.33. The third-order valence-electron chi connectivity index (χ3n) is 5.40. The van der Waals surface area contributed by atoms with Crippen LogP contribution in [0, 0.1) is 0 Å². The van der Waals surface area contributed by atoms with Gasteiger partial charge in [0.15, 0.2) is 0 Å². The fourth-order valence-corrected chi connectivity index (χ4v) is 4.93. The molecular weight excluding hydrogens is 414 g/mol. The smallest absolute Gasteiger partial charge is 0.248 e. The predicted octanol–water partition coefficient (Wildman–Crippen LogP) is 2.31. The molecule has 0 bridgehead atoms. The highest BCUT2D eigenvalue weighted by atomic mass is 32.1. The summed E-state index contributed by atoms with van der Waals surface area (Å²) in [6, 6.07) is 12.3. The number of para-hydroxylation sites is 1. The van der Waals surface area contributed by atoms with E-state index >= 15 is 0 Å². The molecule has 2 aromatic carbocycles. The first-order chi connectivity index (χ1) is 14.9. The molecule has 1 aromatic heterocycles. The van der Waals surface area contributed by atoms with Crippen molar-refractivity contribution in [3.8, 4) is 0 Å². The van der Waals surface area contributed by atoms with E-state index < -0.39 is 11.8 Å². The van der Waals surface area contributed by atoms with Crippen LogP contribution >= 0.6 is 11.3 Å². The topological polar surface area (TPSA) is 131 Å². The predicted molar refractivity (Wildman–Crippen MR) is 120 cm³/mol. The summed E-state index contributed by atoms with van der Waals surface area (Å²) < 4.78 is 1.20. The van der Waals surface area contributed by atoms with Crippen molar-refractivity contribution in [1.82, 2.24) is 9.88 Å². The van der Waals surface area contributed by atoms with Crippen LogP contribution < -0.4 is 16.8 Å². The van der Waals surface area contributed by atoms with Gasteiger partial charge in [-0.05, 0) is 56.3 Å². The summed E-state index contributed by atoms with van der Waals surface area (Å²) in [5, 5.41) is 3.89. The van der Waals surface area contributed by atoms with Gasteiger partial charge in [-0.2, -0.15) is 0 Å². The Bertz CT molecular complexity index is 1090. The number of likely N-dealkylation sites (tertiary alicyclic amines) is 1. The van der Waals surface area contributed by atoms with Crippen LogP contribution in [-0.4, -0.2) is 47.2 Å². The van der Waals surface area contributed by atoms with Crippen molar-refractivity contribution in [2.24, 2.45) is 11.5 Å². The van der Waals surface area contributed by atoms with Gasteiger partial charge in [-0.25, -0.2) is 4.98 Å². The maximum atomic E-state index is 12.5. The first-order valence-corrected chi connectivity index (χ1v) is 10.8. The number of benzene rings is 2. The number of carbonyl (C=O) groups excluding carboxylic acids is 3. The van der Waals surface area contributed by atoms with Crippen molar-refractivity contribution >= 4 is 45.0 Å². The number of nitrogens with two attached hydrogens (primary N) is 2. The molecule has 1 aliphatic heterocycles. The Morgan fingerprint density at radius 2 is 1.68 bits per heavy atom. The maximum Gasteiger partial charge on any atom is 0.248 e. The fourth-order valence-electron chi connectivity index (χ4n) is 3.79. The van der Waals surface area contributed by atoms with E-state index in [1.165, 1.54) is 22.9 Å². The molecule has 5 N–H and O–H groups in total. The second-order valence-electron chi connectivity index (χ2n) is 7.65. The van der Waals surface area contributed by atoms with E-state index in [1.807, 2.05) is 18.2 Å². The highest BCUT2D eigenvalue weighted by Gasteiger charge is 2.24. The molecule has 9 heteroatoms. The molecule has 0 atom stereocenters. The average Bonchev–Trinajstić information content (AvgIpc) is 3.18. The van der Waals surface area contributed by atoms with Gasteiger partial charge >= 0.3 is 0 Å². The average molecular weight is 438 g/mol. The first-order valence-electron chi connectivity index (χ1n) is 10.0. The van der Waals surface area contributed by atoms with Crippen LogP contribution in [0.1, 0.15) is 44.5 Å². The number of rotatable bonds is 6. The molecule has 31 heavy (non-hydrogen) atoms. The quantitative estimate of drug-likeness (QED) is 0.544. The number of anilines is 1. The molecule has 4 rings (SSSR count). The van der Waals surface area contributed by atoms with Crippen molar-refractivity contribution in [3.63, 3.8) is 0 Å². The molecule has 0 spiro atoms. The number of hydrogen-bond donors (Lipinski definition) is 3. The van der Waals surface area contributed by atoms with E-state index in [-0.39, 0.29) is 23.6 Å². The lowest BCUT2D eigenvalue weighted by Crippen LogP contribution is -2.38. The Labute approximate surface area is 183 Å². The fraction of sp³-hybridized carbons (Fsp3) is 0.273. The standard InChI is InChI=1S/C22H23N5O3S/c23-20(29)14-9-15(21(24)30)11-16(10-14)25-19(28)12-27-7-5-13(6-8-27)22-26-17-3-1-2-4-18(17)31-22/h1-4,9-11,13H,5-8,12H2,(H2,23,29)(H2,24,30)(H,25,28). The molecule has 1 aliphatic rings. The van der Waals surface area contributed by atoms with Gasteiger partial charge in [-0.1, -0.05) is 12.1 Å². The third kappa shape index (κ3) is 4.89. The van der Waals surface area contributed by atoms with Gasteiger partial charge in [0.2, 0.25) is 17.7 Å². The van der Waals surface area contributed by atoms with Crippen molar-refractivity contribution in [3.05, 3.63) is 58.6 Å². The number of fused-ring (bicyclic) bond motifs is 1. The van der Waals surface area contributed by atoms with E-state index in [0.29, 0.717) is 11.6 Å². The van der Waals surface area contributed by atoms with Crippen molar-refractivity contribution in [1.29, 1.82) is 0 Å². The Morgan fingerprint density at radius 3 is 2.29 bits per heavy atom. The van der Waals surface area contributed by atoms with Crippen LogP contribution in [0.25, 0.3) is 10.2 Å². The molecule has 160 valence electrons. The Kier molecular flexibility index (Phi) is 5.97. The Hall–Kier alpha value is -3.30. The normalized spacial score (nSPS) is 15.1. The summed E-state index contributed by atoms with van der Waals surface area (Å²) in [7, 11) is 0. The first kappa shape index (κ1) is 21.0. The van der Waals surface area contributed by atoms with Gasteiger partial charge in [-0.3, -0.25) is 19.3 Å². The zero-order valence-electron chi connectivity index (χ0n) is 16.8. The molecule has 1 fully saturated rings. The molecule has 0 unspecified atom stereocenters. The monoisotopic (exact) mass is 437 g/mol. The summed E-state index contributed by atoms with van der Waals surface area (Å²) in [6.07, 6.45) is 1.88. The van der Waals surface area contributed by atoms with Crippen LogP contribution in [0.3, 0.4) is 0 Å². The number of carbonyl (C=O) groups is 3. The zero-order chi connectivity index (χ0) is 22.0. The van der Waals surface area contributed by atoms with Crippen LogP contribution in [-0.2, 0) is 4.79 Å². The minimum absolute atomic E-state index is 0.114. The molecule has 0 saturated carbocycles. The second-order valence-corrected chi connectivity index (χ2v) is 8.71. The van der Waals surface area contributed by atoms with E-state index in [9.17, 15) is 14.4 Å². The van der Waals surface area contributed by atoms with Gasteiger partial charge in [-0.15, -0.1) is 11.3 Å². The minimum atomic E-state index is -0.699. The molecule has 2 heterocycles. The molecule has 1 saturated heterocycles. The molecule has 0 aliphatic carbocycles. The number of nitrogens with one attached hydrogen (secondary N) is 1. The van der Waals surface area contributed by atoms with E-state index in [0.717, 1.165) is 36.5 Å². The summed E-state index contributed by atoms with van der Waals surface area (Å²) >= 11 is 1.74. The Morgan fingerprint density at radius 1 is 1.03 bits per heavy atom. The summed E-state index contributed by atoms with van der Waals surface area (Å²) in [4.78, 5) is 42.3. The molecule has 8 nitrogen and oxygen atoms in total. The largest absolute Gasteiger partial charge is 0.366 e. The van der Waals surface area contributed by atoms with E-state index in [1.54, 1.807) is 11.3 Å². The number of amides is 3. The number of hydrogen-bond acceptors (Lipinski definition) is 6. The van der Waals surface area contributed by atoms with Gasteiger partial charge in [0, 0.05) is 22.7 Å². The lowest BCUT2D eigenvalue weighted by Gasteiger charge is -2.30. The molecule has 3 aromatic rings. The molecule has 3 amide bonds. The van der Waals surface area contributed by atoms with Gasteiger partial charge in [0.05, 0.1) is 21.8 Å². The number of piperidine rings is 1. The summed E-state index contributed by atoms with van der Waals surface area (Å²) in [6.45, 7) is 1.81. The minimum Gasteiger partial charge on any atom is -0.366 e. The maximum absolute atomic E-state index is 12.5. The van der Waals surface area contributed by atoms with Crippen LogP contribution in [0.4, 0.5) is 5.69 Å².